The molecule has 1 heterocycles. The van der Waals surface area contributed by atoms with Crippen molar-refractivity contribution >= 4 is 21.4 Å². The van der Waals surface area contributed by atoms with Crippen LogP contribution in [0.3, 0.4) is 0 Å². The molecule has 0 fully saturated rings. The van der Waals surface area contributed by atoms with Gasteiger partial charge in [0, 0.05) is 11.3 Å². The third-order valence-corrected chi connectivity index (χ3v) is 3.49. The van der Waals surface area contributed by atoms with E-state index in [2.05, 4.69) is 6.07 Å². The van der Waals surface area contributed by atoms with Gasteiger partial charge in [-0.3, -0.25) is 0 Å². The van der Waals surface area contributed by atoms with E-state index in [4.69, 9.17) is 5.11 Å². The Morgan fingerprint density at radius 1 is 1.27 bits per heavy atom. The van der Waals surface area contributed by atoms with Crippen molar-refractivity contribution in [3.05, 3.63) is 35.2 Å². The third-order valence-electron chi connectivity index (χ3n) is 2.51. The molecule has 0 saturated heterocycles. The highest BCUT2D eigenvalue weighted by molar-refractivity contribution is 7.17. The Morgan fingerprint density at radius 2 is 2.07 bits per heavy atom. The Morgan fingerprint density at radius 3 is 2.87 bits per heavy atom. The Kier molecular flexibility index (Phi) is 3.36. The minimum atomic E-state index is -0.451. The smallest absolute Gasteiger partial charge is 0.0805 e. The predicted molar refractivity (Wildman–Crippen MR) is 63.1 cm³/mol. The molecule has 0 amide bonds. The van der Waals surface area contributed by atoms with Crippen LogP contribution in [-0.4, -0.2) is 16.8 Å². The van der Waals surface area contributed by atoms with Crippen LogP contribution in [0.25, 0.3) is 10.1 Å². The lowest BCUT2D eigenvalue weighted by molar-refractivity contribution is 0.153. The lowest BCUT2D eigenvalue weighted by atomic mass is 10.0. The number of aliphatic hydroxyl groups is 2. The van der Waals surface area contributed by atoms with E-state index in [1.807, 2.05) is 23.6 Å². The Bertz CT molecular complexity index is 436. The number of hydrogen-bond donors (Lipinski definition) is 2. The van der Waals surface area contributed by atoms with E-state index in [9.17, 15) is 5.11 Å². The van der Waals surface area contributed by atoms with Crippen LogP contribution in [0, 0.1) is 0 Å². The fourth-order valence-electron chi connectivity index (χ4n) is 1.70. The second kappa shape index (κ2) is 4.75. The number of fused-ring (bicyclic) bond motifs is 1. The highest BCUT2D eigenvalue weighted by atomic mass is 32.1. The van der Waals surface area contributed by atoms with E-state index in [1.165, 1.54) is 4.70 Å². The first kappa shape index (κ1) is 10.6. The molecular weight excluding hydrogens is 208 g/mol. The zero-order chi connectivity index (χ0) is 10.7. The van der Waals surface area contributed by atoms with Crippen LogP contribution in [0.1, 0.15) is 24.5 Å². The highest BCUT2D eigenvalue weighted by Gasteiger charge is 2.11. The molecule has 2 aromatic rings. The van der Waals surface area contributed by atoms with Crippen molar-refractivity contribution in [2.24, 2.45) is 0 Å². The Labute approximate surface area is 92.8 Å². The van der Waals surface area contributed by atoms with Crippen molar-refractivity contribution in [3.8, 4) is 0 Å². The number of benzene rings is 1. The van der Waals surface area contributed by atoms with E-state index < -0.39 is 6.10 Å². The zero-order valence-electron chi connectivity index (χ0n) is 8.39. The molecule has 1 aromatic carbocycles. The lowest BCUT2D eigenvalue weighted by Crippen LogP contribution is -1.97. The van der Waals surface area contributed by atoms with Crippen LogP contribution in [0.2, 0.25) is 0 Å². The average molecular weight is 222 g/mol. The summed E-state index contributed by atoms with van der Waals surface area (Å²) in [6.07, 6.45) is 0.816. The van der Waals surface area contributed by atoms with Gasteiger partial charge in [-0.15, -0.1) is 11.3 Å². The summed E-state index contributed by atoms with van der Waals surface area (Å²) in [4.78, 5) is 0. The van der Waals surface area contributed by atoms with Gasteiger partial charge in [0.1, 0.15) is 0 Å². The molecule has 1 unspecified atom stereocenters. The van der Waals surface area contributed by atoms with Gasteiger partial charge in [0.2, 0.25) is 0 Å². The second-order valence-corrected chi connectivity index (χ2v) is 4.48. The van der Waals surface area contributed by atoms with Crippen molar-refractivity contribution in [2.45, 2.75) is 18.9 Å². The highest BCUT2D eigenvalue weighted by Crippen LogP contribution is 2.31. The molecule has 0 aliphatic rings. The van der Waals surface area contributed by atoms with Gasteiger partial charge in [0.15, 0.2) is 0 Å². The molecule has 15 heavy (non-hydrogen) atoms. The van der Waals surface area contributed by atoms with Crippen LogP contribution in [0.4, 0.5) is 0 Å². The van der Waals surface area contributed by atoms with Crippen molar-refractivity contribution < 1.29 is 10.2 Å². The van der Waals surface area contributed by atoms with Gasteiger partial charge in [0.25, 0.3) is 0 Å². The fraction of sp³-hybridized carbons (Fsp3) is 0.333. The number of hydrogen-bond acceptors (Lipinski definition) is 3. The quantitative estimate of drug-likeness (QED) is 0.835. The van der Waals surface area contributed by atoms with Crippen molar-refractivity contribution in [1.82, 2.24) is 0 Å². The second-order valence-electron chi connectivity index (χ2n) is 3.57. The maximum atomic E-state index is 9.93. The van der Waals surface area contributed by atoms with Gasteiger partial charge in [-0.2, -0.15) is 0 Å². The molecule has 80 valence electrons. The van der Waals surface area contributed by atoms with Gasteiger partial charge in [0.05, 0.1) is 6.10 Å². The van der Waals surface area contributed by atoms with Gasteiger partial charge in [-0.05, 0) is 35.2 Å². The first-order valence-corrected chi connectivity index (χ1v) is 5.96. The molecule has 0 radical (unpaired) electrons. The largest absolute Gasteiger partial charge is 0.396 e. The summed E-state index contributed by atoms with van der Waals surface area (Å²) in [5, 5.41) is 21.8. The molecule has 0 bridgehead atoms. The summed E-state index contributed by atoms with van der Waals surface area (Å²) in [6.45, 7) is 0.138. The zero-order valence-corrected chi connectivity index (χ0v) is 9.20. The van der Waals surface area contributed by atoms with Crippen LogP contribution in [0.15, 0.2) is 29.6 Å². The minimum absolute atomic E-state index is 0.138. The van der Waals surface area contributed by atoms with Crippen molar-refractivity contribution in [2.75, 3.05) is 6.61 Å². The fourth-order valence-corrected chi connectivity index (χ4v) is 2.70. The van der Waals surface area contributed by atoms with E-state index in [1.54, 1.807) is 11.3 Å². The number of thiophene rings is 1. The molecule has 0 aliphatic heterocycles. The van der Waals surface area contributed by atoms with Crippen LogP contribution < -0.4 is 0 Å². The third kappa shape index (κ3) is 2.20. The van der Waals surface area contributed by atoms with E-state index in [0.29, 0.717) is 12.8 Å². The van der Waals surface area contributed by atoms with Gasteiger partial charge in [-0.1, -0.05) is 18.2 Å². The van der Waals surface area contributed by atoms with Crippen LogP contribution in [0.5, 0.6) is 0 Å². The molecular formula is C12H14O2S. The molecule has 2 rings (SSSR count). The normalized spacial score (nSPS) is 13.2. The van der Waals surface area contributed by atoms with Gasteiger partial charge in [-0.25, -0.2) is 0 Å². The summed E-state index contributed by atoms with van der Waals surface area (Å²) in [7, 11) is 0. The molecule has 2 N–H and O–H groups in total. The maximum absolute atomic E-state index is 9.93. The lowest BCUT2D eigenvalue weighted by Gasteiger charge is -2.08. The van der Waals surface area contributed by atoms with Crippen LogP contribution >= 0.6 is 11.3 Å². The van der Waals surface area contributed by atoms with Gasteiger partial charge >= 0.3 is 0 Å². The summed E-state index contributed by atoms with van der Waals surface area (Å²) in [6, 6.07) is 8.08. The summed E-state index contributed by atoms with van der Waals surface area (Å²) >= 11 is 1.65. The molecule has 1 aromatic heterocycles. The minimum Gasteiger partial charge on any atom is -0.396 e. The number of rotatable bonds is 4. The first-order valence-electron chi connectivity index (χ1n) is 5.08. The Balaban J connectivity index is 2.27. The summed E-state index contributed by atoms with van der Waals surface area (Å²) < 4.78 is 1.20. The van der Waals surface area contributed by atoms with E-state index >= 15 is 0 Å². The molecule has 0 spiro atoms. The topological polar surface area (TPSA) is 40.5 Å². The SMILES string of the molecule is OCCCC(O)c1csc2ccccc12. The van der Waals surface area contributed by atoms with E-state index in [-0.39, 0.29) is 6.61 Å². The van der Waals surface area contributed by atoms with Gasteiger partial charge < -0.3 is 10.2 Å². The molecule has 3 heteroatoms. The average Bonchev–Trinajstić information content (AvgIpc) is 2.69. The van der Waals surface area contributed by atoms with Crippen LogP contribution in [-0.2, 0) is 0 Å². The predicted octanol–water partition coefficient (Wildman–Crippen LogP) is 2.71. The molecule has 2 nitrogen and oxygen atoms in total. The van der Waals surface area contributed by atoms with E-state index in [0.717, 1.165) is 10.9 Å². The number of aliphatic hydroxyl groups excluding tert-OH is 2. The summed E-state index contributed by atoms with van der Waals surface area (Å²) in [5.74, 6) is 0. The molecule has 0 aliphatic carbocycles. The maximum Gasteiger partial charge on any atom is 0.0805 e. The molecule has 0 saturated carbocycles. The summed E-state index contributed by atoms with van der Waals surface area (Å²) in [5.41, 5.74) is 0.990. The molecule has 1 atom stereocenters. The standard InChI is InChI=1S/C12H14O2S/c13-7-3-5-11(14)10-8-15-12-6-2-1-4-9(10)12/h1-2,4,6,8,11,13-14H,3,5,7H2. The Hall–Kier alpha value is -0.900. The first-order chi connectivity index (χ1) is 7.33. The monoisotopic (exact) mass is 222 g/mol. The van der Waals surface area contributed by atoms with Crippen molar-refractivity contribution in [1.29, 1.82) is 0 Å². The van der Waals surface area contributed by atoms with Crippen molar-refractivity contribution in [3.63, 3.8) is 0 Å².